The summed E-state index contributed by atoms with van der Waals surface area (Å²) in [7, 11) is 0. The third-order valence-corrected chi connectivity index (χ3v) is 3.51. The van der Waals surface area contributed by atoms with Gasteiger partial charge in [0.1, 0.15) is 0 Å². The Morgan fingerprint density at radius 3 is 2.50 bits per heavy atom. The number of nitrogens with one attached hydrogen (secondary N) is 1. The maximum atomic E-state index is 12.1. The summed E-state index contributed by atoms with van der Waals surface area (Å²) >= 11 is 0. The fraction of sp³-hybridized carbons (Fsp3) is 0. The molecule has 0 unspecified atom stereocenters. The second kappa shape index (κ2) is 6.70. The summed E-state index contributed by atoms with van der Waals surface area (Å²) in [4.78, 5) is 22.6. The zero-order chi connectivity index (χ0) is 16.9. The quantitative estimate of drug-likeness (QED) is 0.453. The van der Waals surface area contributed by atoms with Gasteiger partial charge in [-0.2, -0.15) is 5.10 Å². The van der Waals surface area contributed by atoms with E-state index < -0.39 is 4.92 Å². The monoisotopic (exact) mass is 319 g/mol. The summed E-state index contributed by atoms with van der Waals surface area (Å²) in [6, 6.07) is 19.2. The number of amides is 1. The molecule has 0 aliphatic heterocycles. The Hall–Kier alpha value is -3.54. The van der Waals surface area contributed by atoms with Gasteiger partial charge < -0.3 is 0 Å². The second-order valence-electron chi connectivity index (χ2n) is 5.08. The number of nitro groups is 1. The van der Waals surface area contributed by atoms with Crippen LogP contribution in [0, 0.1) is 10.1 Å². The fourth-order valence-electron chi connectivity index (χ4n) is 2.32. The average Bonchev–Trinajstić information content (AvgIpc) is 2.61. The van der Waals surface area contributed by atoms with Crippen LogP contribution in [0.15, 0.2) is 71.8 Å². The van der Waals surface area contributed by atoms with Crippen molar-refractivity contribution < 1.29 is 9.72 Å². The van der Waals surface area contributed by atoms with Gasteiger partial charge in [0.05, 0.1) is 16.7 Å². The van der Waals surface area contributed by atoms with Gasteiger partial charge in [-0.05, 0) is 29.0 Å². The van der Waals surface area contributed by atoms with Crippen LogP contribution in [0.1, 0.15) is 15.9 Å². The predicted octanol–water partition coefficient (Wildman–Crippen LogP) is 3.51. The number of nitro benzene ring substituents is 1. The second-order valence-corrected chi connectivity index (χ2v) is 5.08. The van der Waals surface area contributed by atoms with Crippen molar-refractivity contribution in [2.24, 2.45) is 5.10 Å². The molecular weight excluding hydrogens is 306 g/mol. The van der Waals surface area contributed by atoms with E-state index in [0.717, 1.165) is 10.8 Å². The molecule has 0 aromatic heterocycles. The Balaban J connectivity index is 1.76. The molecule has 0 heterocycles. The van der Waals surface area contributed by atoms with E-state index in [0.29, 0.717) is 11.1 Å². The van der Waals surface area contributed by atoms with Gasteiger partial charge in [0.15, 0.2) is 0 Å². The number of para-hydroxylation sites is 1. The number of fused-ring (bicyclic) bond motifs is 1. The van der Waals surface area contributed by atoms with Gasteiger partial charge >= 0.3 is 0 Å². The molecule has 3 aromatic carbocycles. The molecule has 0 fully saturated rings. The van der Waals surface area contributed by atoms with Gasteiger partial charge in [-0.15, -0.1) is 0 Å². The number of carbonyl (C=O) groups is 1. The summed E-state index contributed by atoms with van der Waals surface area (Å²) in [5.41, 5.74) is 3.10. The lowest BCUT2D eigenvalue weighted by Gasteiger charge is -2.02. The van der Waals surface area contributed by atoms with E-state index >= 15 is 0 Å². The van der Waals surface area contributed by atoms with Gasteiger partial charge in [0.25, 0.3) is 11.6 Å². The fourth-order valence-corrected chi connectivity index (χ4v) is 2.32. The van der Waals surface area contributed by atoms with Crippen LogP contribution in [-0.4, -0.2) is 17.0 Å². The zero-order valence-electron chi connectivity index (χ0n) is 12.5. The molecular formula is C18H13N3O3. The third kappa shape index (κ3) is 3.27. The van der Waals surface area contributed by atoms with Crippen LogP contribution >= 0.6 is 0 Å². The molecule has 1 amide bonds. The molecule has 3 aromatic rings. The van der Waals surface area contributed by atoms with Crippen molar-refractivity contribution in [2.45, 2.75) is 0 Å². The minimum Gasteiger partial charge on any atom is -0.267 e. The molecule has 1 N–H and O–H groups in total. The lowest BCUT2D eigenvalue weighted by molar-refractivity contribution is -0.385. The maximum Gasteiger partial charge on any atom is 0.278 e. The molecule has 0 aliphatic carbocycles. The van der Waals surface area contributed by atoms with Crippen LogP contribution < -0.4 is 5.43 Å². The third-order valence-electron chi connectivity index (χ3n) is 3.51. The molecule has 6 nitrogen and oxygen atoms in total. The van der Waals surface area contributed by atoms with Gasteiger partial charge in [-0.25, -0.2) is 5.43 Å². The molecule has 118 valence electrons. The van der Waals surface area contributed by atoms with Crippen molar-refractivity contribution >= 4 is 28.6 Å². The number of carbonyl (C=O) groups excluding carboxylic acids is 1. The van der Waals surface area contributed by atoms with Gasteiger partial charge in [0.2, 0.25) is 0 Å². The minimum absolute atomic E-state index is 0.0683. The highest BCUT2D eigenvalue weighted by atomic mass is 16.6. The van der Waals surface area contributed by atoms with E-state index in [1.807, 2.05) is 30.3 Å². The summed E-state index contributed by atoms with van der Waals surface area (Å²) < 4.78 is 0. The van der Waals surface area contributed by atoms with E-state index in [1.165, 1.54) is 12.3 Å². The Bertz CT molecular complexity index is 951. The van der Waals surface area contributed by atoms with Gasteiger partial charge in [-0.3, -0.25) is 14.9 Å². The number of rotatable bonds is 4. The first-order valence-electron chi connectivity index (χ1n) is 7.21. The van der Waals surface area contributed by atoms with Crippen LogP contribution in [0.25, 0.3) is 10.8 Å². The Kier molecular flexibility index (Phi) is 4.29. The zero-order valence-corrected chi connectivity index (χ0v) is 12.5. The first-order valence-corrected chi connectivity index (χ1v) is 7.21. The van der Waals surface area contributed by atoms with Crippen LogP contribution in [0.4, 0.5) is 5.69 Å². The largest absolute Gasteiger partial charge is 0.278 e. The molecule has 0 bridgehead atoms. The van der Waals surface area contributed by atoms with E-state index in [1.54, 1.807) is 30.3 Å². The molecule has 0 aliphatic rings. The normalized spacial score (nSPS) is 10.8. The highest BCUT2D eigenvalue weighted by Gasteiger charge is 2.10. The minimum atomic E-state index is -0.494. The van der Waals surface area contributed by atoms with Crippen molar-refractivity contribution in [3.05, 3.63) is 88.0 Å². The van der Waals surface area contributed by atoms with Crippen molar-refractivity contribution in [1.82, 2.24) is 5.43 Å². The maximum absolute atomic E-state index is 12.1. The number of nitrogens with zero attached hydrogens (tertiary/aromatic N) is 2. The van der Waals surface area contributed by atoms with Crippen LogP contribution in [0.3, 0.4) is 0 Å². The van der Waals surface area contributed by atoms with Crippen molar-refractivity contribution in [3.8, 4) is 0 Å². The topological polar surface area (TPSA) is 84.6 Å². The SMILES string of the molecule is O=C(NN=Cc1ccccc1[N+](=O)[O-])c1ccc2ccccc2c1. The summed E-state index contributed by atoms with van der Waals surface area (Å²) in [6.07, 6.45) is 1.26. The first-order chi connectivity index (χ1) is 11.6. The Labute approximate surface area is 137 Å². The standard InChI is InChI=1S/C18H13N3O3/c22-18(15-10-9-13-5-1-2-6-14(13)11-15)20-19-12-16-7-3-4-8-17(16)21(23)24/h1-12H,(H,20,22). The van der Waals surface area contributed by atoms with Gasteiger partial charge in [-0.1, -0.05) is 42.5 Å². The molecule has 6 heteroatoms. The van der Waals surface area contributed by atoms with Crippen LogP contribution in [0.2, 0.25) is 0 Å². The van der Waals surface area contributed by atoms with E-state index in [9.17, 15) is 14.9 Å². The predicted molar refractivity (Wildman–Crippen MR) is 92.1 cm³/mol. The number of hydrogen-bond donors (Lipinski definition) is 1. The van der Waals surface area contributed by atoms with Gasteiger partial charge in [0, 0.05) is 11.6 Å². The van der Waals surface area contributed by atoms with Crippen molar-refractivity contribution in [2.75, 3.05) is 0 Å². The molecule has 3 rings (SSSR count). The highest BCUT2D eigenvalue weighted by Crippen LogP contribution is 2.16. The molecule has 24 heavy (non-hydrogen) atoms. The number of hydrogen-bond acceptors (Lipinski definition) is 4. The first kappa shape index (κ1) is 15.4. The Morgan fingerprint density at radius 1 is 1.00 bits per heavy atom. The summed E-state index contributed by atoms with van der Waals surface area (Å²) in [5.74, 6) is -0.379. The molecule has 0 atom stereocenters. The summed E-state index contributed by atoms with van der Waals surface area (Å²) in [6.45, 7) is 0. The Morgan fingerprint density at radius 2 is 1.71 bits per heavy atom. The van der Waals surface area contributed by atoms with E-state index in [2.05, 4.69) is 10.5 Å². The molecule has 0 saturated carbocycles. The van der Waals surface area contributed by atoms with Crippen molar-refractivity contribution in [1.29, 1.82) is 0 Å². The molecule has 0 radical (unpaired) electrons. The smallest absolute Gasteiger partial charge is 0.267 e. The van der Waals surface area contributed by atoms with Crippen LogP contribution in [-0.2, 0) is 0 Å². The van der Waals surface area contributed by atoms with Crippen LogP contribution in [0.5, 0.6) is 0 Å². The average molecular weight is 319 g/mol. The molecule has 0 saturated heterocycles. The number of benzene rings is 3. The van der Waals surface area contributed by atoms with Crippen molar-refractivity contribution in [3.63, 3.8) is 0 Å². The summed E-state index contributed by atoms with van der Waals surface area (Å²) in [5, 5.41) is 16.7. The lowest BCUT2D eigenvalue weighted by atomic mass is 10.1. The van der Waals surface area contributed by atoms with E-state index in [4.69, 9.17) is 0 Å². The van der Waals surface area contributed by atoms with E-state index in [-0.39, 0.29) is 11.6 Å². The lowest BCUT2D eigenvalue weighted by Crippen LogP contribution is -2.17. The number of hydrazone groups is 1. The molecule has 0 spiro atoms. The highest BCUT2D eigenvalue weighted by molar-refractivity contribution is 5.99.